The molecule has 0 fully saturated rings. The van der Waals surface area contributed by atoms with E-state index in [4.69, 9.17) is 0 Å². The van der Waals surface area contributed by atoms with Crippen LogP contribution in [0.15, 0.2) is 36.0 Å². The van der Waals surface area contributed by atoms with Gasteiger partial charge in [0.1, 0.15) is 11.6 Å². The van der Waals surface area contributed by atoms with Crippen LogP contribution < -0.4 is 0 Å². The number of benzene rings is 1. The normalized spacial score (nSPS) is 12.9. The summed E-state index contributed by atoms with van der Waals surface area (Å²) in [5, 5.41) is 12.2. The molecular formula is C15H15FN2OS. The smallest absolute Gasteiger partial charge is 0.132 e. The predicted octanol–water partition coefficient (Wildman–Crippen LogP) is 3.21. The highest BCUT2D eigenvalue weighted by atomic mass is 32.1. The van der Waals surface area contributed by atoms with Gasteiger partial charge in [0.15, 0.2) is 0 Å². The largest absolute Gasteiger partial charge is 0.393 e. The van der Waals surface area contributed by atoms with Crippen molar-refractivity contribution >= 4 is 21.4 Å². The molecule has 20 heavy (non-hydrogen) atoms. The molecule has 0 amide bonds. The van der Waals surface area contributed by atoms with Crippen LogP contribution in [0.2, 0.25) is 0 Å². The minimum absolute atomic E-state index is 0.184. The van der Waals surface area contributed by atoms with Crippen molar-refractivity contribution in [2.45, 2.75) is 26.0 Å². The second-order valence-electron chi connectivity index (χ2n) is 4.90. The van der Waals surface area contributed by atoms with Gasteiger partial charge in [-0.1, -0.05) is 6.07 Å². The molecule has 2 heterocycles. The fourth-order valence-corrected chi connectivity index (χ4v) is 3.31. The van der Waals surface area contributed by atoms with Crippen LogP contribution >= 0.6 is 11.3 Å². The van der Waals surface area contributed by atoms with Crippen molar-refractivity contribution in [3.63, 3.8) is 0 Å². The monoisotopic (exact) mass is 290 g/mol. The van der Waals surface area contributed by atoms with Crippen molar-refractivity contribution < 1.29 is 9.50 Å². The molecule has 0 radical (unpaired) electrons. The van der Waals surface area contributed by atoms with Crippen LogP contribution in [0, 0.1) is 5.82 Å². The van der Waals surface area contributed by atoms with Crippen molar-refractivity contribution in [3.05, 3.63) is 53.2 Å². The average molecular weight is 290 g/mol. The van der Waals surface area contributed by atoms with E-state index in [0.29, 0.717) is 18.4 Å². The van der Waals surface area contributed by atoms with E-state index in [1.165, 1.54) is 6.07 Å². The third-order valence-corrected chi connectivity index (χ3v) is 4.24. The summed E-state index contributed by atoms with van der Waals surface area (Å²) >= 11 is 1.55. The lowest BCUT2D eigenvalue weighted by atomic mass is 10.1. The van der Waals surface area contributed by atoms with Crippen LogP contribution in [0.1, 0.15) is 18.3 Å². The van der Waals surface area contributed by atoms with Crippen molar-refractivity contribution in [2.75, 3.05) is 0 Å². The quantitative estimate of drug-likeness (QED) is 0.801. The minimum Gasteiger partial charge on any atom is -0.393 e. The first kappa shape index (κ1) is 13.3. The molecule has 104 valence electrons. The molecule has 0 saturated carbocycles. The average Bonchev–Trinajstić information content (AvgIpc) is 2.98. The summed E-state index contributed by atoms with van der Waals surface area (Å²) in [7, 11) is 0. The number of thiophene rings is 1. The van der Waals surface area contributed by atoms with Gasteiger partial charge in [0.2, 0.25) is 0 Å². The van der Waals surface area contributed by atoms with Crippen LogP contribution in [-0.2, 0) is 13.0 Å². The summed E-state index contributed by atoms with van der Waals surface area (Å²) < 4.78 is 16.9. The number of imidazole rings is 1. The zero-order valence-electron chi connectivity index (χ0n) is 11.1. The highest BCUT2D eigenvalue weighted by Crippen LogP contribution is 2.29. The molecule has 2 aromatic heterocycles. The summed E-state index contributed by atoms with van der Waals surface area (Å²) in [6.07, 6.45) is 3.63. The zero-order chi connectivity index (χ0) is 14.1. The maximum atomic E-state index is 14.0. The lowest BCUT2D eigenvalue weighted by Gasteiger charge is -2.09. The van der Waals surface area contributed by atoms with Crippen LogP contribution in [-0.4, -0.2) is 20.8 Å². The van der Waals surface area contributed by atoms with E-state index in [0.717, 1.165) is 16.1 Å². The van der Waals surface area contributed by atoms with Crippen LogP contribution in [0.25, 0.3) is 10.1 Å². The first-order valence-corrected chi connectivity index (χ1v) is 7.36. The Bertz CT molecular complexity index is 732. The predicted molar refractivity (Wildman–Crippen MR) is 78.5 cm³/mol. The summed E-state index contributed by atoms with van der Waals surface area (Å²) in [6.45, 7) is 2.31. The van der Waals surface area contributed by atoms with Gasteiger partial charge in [-0.25, -0.2) is 9.37 Å². The Morgan fingerprint density at radius 2 is 2.30 bits per heavy atom. The Kier molecular flexibility index (Phi) is 3.54. The molecule has 5 heteroatoms. The number of rotatable bonds is 4. The molecule has 1 N–H and O–H groups in total. The van der Waals surface area contributed by atoms with Crippen LogP contribution in [0.3, 0.4) is 0 Å². The molecule has 0 aliphatic rings. The van der Waals surface area contributed by atoms with Crippen molar-refractivity contribution in [1.82, 2.24) is 9.55 Å². The molecule has 0 aliphatic carbocycles. The zero-order valence-corrected chi connectivity index (χ0v) is 11.9. The van der Waals surface area contributed by atoms with Crippen molar-refractivity contribution in [2.24, 2.45) is 0 Å². The van der Waals surface area contributed by atoms with E-state index in [1.807, 2.05) is 22.2 Å². The Balaban J connectivity index is 1.96. The van der Waals surface area contributed by atoms with Crippen molar-refractivity contribution in [3.8, 4) is 0 Å². The highest BCUT2D eigenvalue weighted by Gasteiger charge is 2.12. The Hall–Kier alpha value is -1.72. The molecule has 1 aromatic carbocycles. The van der Waals surface area contributed by atoms with Gasteiger partial charge in [-0.15, -0.1) is 11.3 Å². The third kappa shape index (κ3) is 2.46. The van der Waals surface area contributed by atoms with E-state index in [-0.39, 0.29) is 5.82 Å². The maximum Gasteiger partial charge on any atom is 0.132 e. The number of aliphatic hydroxyl groups is 1. The van der Waals surface area contributed by atoms with E-state index >= 15 is 0 Å². The topological polar surface area (TPSA) is 38.1 Å². The van der Waals surface area contributed by atoms with Crippen LogP contribution in [0.4, 0.5) is 4.39 Å². The van der Waals surface area contributed by atoms with Gasteiger partial charge in [0.25, 0.3) is 0 Å². The van der Waals surface area contributed by atoms with Gasteiger partial charge >= 0.3 is 0 Å². The molecule has 0 saturated heterocycles. The van der Waals surface area contributed by atoms with E-state index < -0.39 is 6.10 Å². The number of nitrogens with zero attached hydrogens (tertiary/aromatic N) is 2. The molecule has 1 unspecified atom stereocenters. The molecular weight excluding hydrogens is 275 g/mol. The molecule has 0 spiro atoms. The summed E-state index contributed by atoms with van der Waals surface area (Å²) in [4.78, 5) is 4.25. The number of aliphatic hydroxyl groups excluding tert-OH is 1. The Morgan fingerprint density at radius 1 is 1.45 bits per heavy atom. The lowest BCUT2D eigenvalue weighted by molar-refractivity contribution is 0.191. The van der Waals surface area contributed by atoms with E-state index in [9.17, 15) is 9.50 Å². The standard InChI is InChI=1S/C15H15FN2OS/c1-10(19)7-14-17-5-6-18(14)8-11-9-20-13-4-2-3-12(16)15(11)13/h2-6,9-10,19H,7-8H2,1H3. The van der Waals surface area contributed by atoms with Crippen molar-refractivity contribution in [1.29, 1.82) is 0 Å². The number of aromatic nitrogens is 2. The van der Waals surface area contributed by atoms with Gasteiger partial charge in [-0.2, -0.15) is 0 Å². The summed E-state index contributed by atoms with van der Waals surface area (Å²) in [5.41, 5.74) is 0.952. The number of fused-ring (bicyclic) bond motifs is 1. The van der Waals surface area contributed by atoms with E-state index in [1.54, 1.807) is 30.5 Å². The van der Waals surface area contributed by atoms with Gasteiger partial charge in [0.05, 0.1) is 12.6 Å². The van der Waals surface area contributed by atoms with Crippen LogP contribution in [0.5, 0.6) is 0 Å². The molecule has 3 aromatic rings. The highest BCUT2D eigenvalue weighted by molar-refractivity contribution is 7.17. The van der Waals surface area contributed by atoms with Gasteiger partial charge in [0, 0.05) is 28.9 Å². The summed E-state index contributed by atoms with van der Waals surface area (Å²) in [6, 6.07) is 5.15. The number of halogens is 1. The first-order valence-electron chi connectivity index (χ1n) is 6.48. The van der Waals surface area contributed by atoms with Gasteiger partial charge in [-0.05, 0) is 30.0 Å². The minimum atomic E-state index is -0.438. The molecule has 1 atom stereocenters. The third-order valence-electron chi connectivity index (χ3n) is 3.25. The first-order chi connectivity index (χ1) is 9.65. The Labute approximate surface area is 120 Å². The second-order valence-corrected chi connectivity index (χ2v) is 5.81. The maximum absolute atomic E-state index is 14.0. The molecule has 0 bridgehead atoms. The SMILES string of the molecule is CC(O)Cc1nccn1Cc1csc2cccc(F)c12. The molecule has 3 nitrogen and oxygen atoms in total. The fraction of sp³-hybridized carbons (Fsp3) is 0.267. The van der Waals surface area contributed by atoms with Gasteiger partial charge in [-0.3, -0.25) is 0 Å². The second kappa shape index (κ2) is 5.34. The van der Waals surface area contributed by atoms with E-state index in [2.05, 4.69) is 4.98 Å². The number of hydrogen-bond donors (Lipinski definition) is 1. The number of hydrogen-bond acceptors (Lipinski definition) is 3. The van der Waals surface area contributed by atoms with Gasteiger partial charge < -0.3 is 9.67 Å². The summed E-state index contributed by atoms with van der Waals surface area (Å²) in [5.74, 6) is 0.631. The Morgan fingerprint density at radius 3 is 3.10 bits per heavy atom. The lowest BCUT2D eigenvalue weighted by Crippen LogP contribution is -2.11. The molecule has 3 rings (SSSR count). The molecule has 0 aliphatic heterocycles. The fourth-order valence-electron chi connectivity index (χ4n) is 2.35.